The molecule has 0 atom stereocenters. The number of hydroxylamine groups is 2. The zero-order valence-electron chi connectivity index (χ0n) is 9.27. The van der Waals surface area contributed by atoms with Crippen LogP contribution in [0.15, 0.2) is 0 Å². The summed E-state index contributed by atoms with van der Waals surface area (Å²) in [6.45, 7) is 5.19. The van der Waals surface area contributed by atoms with Crippen molar-refractivity contribution in [3.05, 3.63) is 0 Å². The van der Waals surface area contributed by atoms with Gasteiger partial charge in [-0.2, -0.15) is 0 Å². The van der Waals surface area contributed by atoms with Crippen LogP contribution in [-0.2, 0) is 14.4 Å². The van der Waals surface area contributed by atoms with Crippen molar-refractivity contribution in [2.45, 2.75) is 26.9 Å². The maximum atomic E-state index is 11.0. The van der Waals surface area contributed by atoms with Crippen LogP contribution in [0.4, 0.5) is 9.59 Å². The van der Waals surface area contributed by atoms with Gasteiger partial charge in [0, 0.05) is 12.3 Å². The van der Waals surface area contributed by atoms with Crippen molar-refractivity contribution in [2.24, 2.45) is 0 Å². The molecule has 0 heterocycles. The Hall–Kier alpha value is -1.50. The first-order valence-corrected chi connectivity index (χ1v) is 4.55. The third-order valence-electron chi connectivity index (χ3n) is 1.16. The summed E-state index contributed by atoms with van der Waals surface area (Å²) in [4.78, 5) is 30.9. The third kappa shape index (κ3) is 6.55. The highest BCUT2D eigenvalue weighted by molar-refractivity contribution is 5.66. The lowest BCUT2D eigenvalue weighted by atomic mass is 10.5. The molecule has 0 saturated carbocycles. The van der Waals surface area contributed by atoms with Crippen molar-refractivity contribution in [1.29, 1.82) is 0 Å². The Morgan fingerprint density at radius 2 is 1.93 bits per heavy atom. The monoisotopic (exact) mass is 220 g/mol. The standard InChI is InChI=1S/C8H16N2O5/c1-5-10(14-7(11)9-4)15-8(12)13-6(2)3/h6H,5H2,1-4H3,(H,9,11). The zero-order valence-corrected chi connectivity index (χ0v) is 9.27. The second kappa shape index (κ2) is 6.88. The molecular formula is C8H16N2O5. The molecule has 0 rings (SSSR count). The van der Waals surface area contributed by atoms with Gasteiger partial charge in [-0.05, 0) is 20.8 Å². The first-order valence-electron chi connectivity index (χ1n) is 4.55. The molecule has 1 N–H and O–H groups in total. The van der Waals surface area contributed by atoms with Crippen molar-refractivity contribution in [3.8, 4) is 0 Å². The van der Waals surface area contributed by atoms with E-state index in [1.165, 1.54) is 7.05 Å². The van der Waals surface area contributed by atoms with E-state index in [9.17, 15) is 9.59 Å². The molecule has 0 aliphatic rings. The summed E-state index contributed by atoms with van der Waals surface area (Å²) in [5.41, 5.74) is 0. The van der Waals surface area contributed by atoms with Crippen LogP contribution in [0.1, 0.15) is 20.8 Å². The first-order chi connectivity index (χ1) is 6.99. The van der Waals surface area contributed by atoms with E-state index >= 15 is 0 Å². The second-order valence-electron chi connectivity index (χ2n) is 2.79. The highest BCUT2D eigenvalue weighted by atomic mass is 17.0. The molecule has 0 aromatic carbocycles. The van der Waals surface area contributed by atoms with E-state index < -0.39 is 12.2 Å². The highest BCUT2D eigenvalue weighted by Crippen LogP contribution is 1.98. The van der Waals surface area contributed by atoms with Gasteiger partial charge in [-0.3, -0.25) is 4.84 Å². The molecule has 0 aliphatic carbocycles. The molecule has 0 fully saturated rings. The Balaban J connectivity index is 3.98. The molecule has 0 spiro atoms. The van der Waals surface area contributed by atoms with Crippen molar-refractivity contribution in [1.82, 2.24) is 10.5 Å². The van der Waals surface area contributed by atoms with Crippen LogP contribution in [-0.4, -0.2) is 37.2 Å². The lowest BCUT2D eigenvalue weighted by molar-refractivity contribution is -0.303. The van der Waals surface area contributed by atoms with Gasteiger partial charge in [-0.15, -0.1) is 0 Å². The van der Waals surface area contributed by atoms with E-state index in [4.69, 9.17) is 0 Å². The Labute approximate surface area is 88.2 Å². The number of rotatable bonds is 4. The number of hydrogen-bond donors (Lipinski definition) is 1. The van der Waals surface area contributed by atoms with E-state index in [1.54, 1.807) is 20.8 Å². The summed E-state index contributed by atoms with van der Waals surface area (Å²) in [7, 11) is 1.39. The van der Waals surface area contributed by atoms with Crippen molar-refractivity contribution >= 4 is 12.2 Å². The van der Waals surface area contributed by atoms with E-state index in [0.717, 1.165) is 5.23 Å². The van der Waals surface area contributed by atoms with Gasteiger partial charge >= 0.3 is 12.2 Å². The average Bonchev–Trinajstić information content (AvgIpc) is 2.15. The van der Waals surface area contributed by atoms with E-state index in [-0.39, 0.29) is 12.6 Å². The average molecular weight is 220 g/mol. The number of hydrogen-bond acceptors (Lipinski definition) is 6. The Morgan fingerprint density at radius 3 is 2.33 bits per heavy atom. The predicted octanol–water partition coefficient (Wildman–Crippen LogP) is 1.06. The van der Waals surface area contributed by atoms with Gasteiger partial charge in [0.05, 0.1) is 12.6 Å². The summed E-state index contributed by atoms with van der Waals surface area (Å²) in [6, 6.07) is 0. The number of nitrogens with zero attached hydrogens (tertiary/aromatic N) is 1. The minimum absolute atomic E-state index is 0.195. The van der Waals surface area contributed by atoms with Gasteiger partial charge in [0.15, 0.2) is 0 Å². The fourth-order valence-corrected chi connectivity index (χ4v) is 0.583. The fraction of sp³-hybridized carbons (Fsp3) is 0.750. The Morgan fingerprint density at radius 1 is 1.33 bits per heavy atom. The van der Waals surface area contributed by atoms with Crippen molar-refractivity contribution in [3.63, 3.8) is 0 Å². The molecule has 0 aromatic heterocycles. The van der Waals surface area contributed by atoms with Crippen LogP contribution in [0.25, 0.3) is 0 Å². The number of ether oxygens (including phenoxy) is 1. The molecule has 0 saturated heterocycles. The first kappa shape index (κ1) is 13.5. The van der Waals surface area contributed by atoms with E-state index in [1.807, 2.05) is 0 Å². The SMILES string of the molecule is CCN(OC(=O)NC)OC(=O)OC(C)C. The van der Waals surface area contributed by atoms with Gasteiger partial charge in [-0.25, -0.2) is 9.59 Å². The van der Waals surface area contributed by atoms with Gasteiger partial charge in [0.25, 0.3) is 0 Å². The lowest BCUT2D eigenvalue weighted by Crippen LogP contribution is -2.34. The molecule has 15 heavy (non-hydrogen) atoms. The molecule has 0 unspecified atom stereocenters. The Bertz CT molecular complexity index is 219. The molecule has 0 aromatic rings. The van der Waals surface area contributed by atoms with Gasteiger partial charge in [0.1, 0.15) is 0 Å². The van der Waals surface area contributed by atoms with Gasteiger partial charge in [-0.1, -0.05) is 0 Å². The summed E-state index contributed by atoms with van der Waals surface area (Å²) < 4.78 is 4.68. The van der Waals surface area contributed by atoms with Crippen LogP contribution in [0, 0.1) is 0 Å². The molecule has 0 bridgehead atoms. The molecule has 7 nitrogen and oxygen atoms in total. The van der Waals surface area contributed by atoms with Gasteiger partial charge < -0.3 is 14.9 Å². The van der Waals surface area contributed by atoms with Crippen LogP contribution in [0.2, 0.25) is 0 Å². The van der Waals surface area contributed by atoms with Crippen LogP contribution in [0.3, 0.4) is 0 Å². The van der Waals surface area contributed by atoms with E-state index in [0.29, 0.717) is 0 Å². The summed E-state index contributed by atoms with van der Waals surface area (Å²) in [6.07, 6.45) is -1.94. The maximum Gasteiger partial charge on any atom is 0.530 e. The quantitative estimate of drug-likeness (QED) is 0.563. The highest BCUT2D eigenvalue weighted by Gasteiger charge is 2.16. The molecular weight excluding hydrogens is 204 g/mol. The normalized spacial score (nSPS) is 10.0. The van der Waals surface area contributed by atoms with Crippen LogP contribution < -0.4 is 5.32 Å². The summed E-state index contributed by atoms with van der Waals surface area (Å²) in [5.74, 6) is 0. The number of carbonyl (C=O) groups is 2. The molecule has 1 amide bonds. The molecule has 88 valence electrons. The number of amides is 1. The van der Waals surface area contributed by atoms with Crippen molar-refractivity contribution in [2.75, 3.05) is 13.6 Å². The van der Waals surface area contributed by atoms with Gasteiger partial charge in [0.2, 0.25) is 0 Å². The van der Waals surface area contributed by atoms with Crippen LogP contribution >= 0.6 is 0 Å². The topological polar surface area (TPSA) is 77.1 Å². The minimum atomic E-state index is -0.921. The van der Waals surface area contributed by atoms with Crippen LogP contribution in [0.5, 0.6) is 0 Å². The summed E-state index contributed by atoms with van der Waals surface area (Å²) >= 11 is 0. The molecule has 7 heteroatoms. The predicted molar refractivity (Wildman–Crippen MR) is 50.6 cm³/mol. The zero-order chi connectivity index (χ0) is 11.8. The third-order valence-corrected chi connectivity index (χ3v) is 1.16. The fourth-order valence-electron chi connectivity index (χ4n) is 0.583. The molecule has 0 radical (unpaired) electrons. The number of nitrogens with one attached hydrogen (secondary N) is 1. The Kier molecular flexibility index (Phi) is 6.19. The smallest absolute Gasteiger partial charge is 0.430 e. The minimum Gasteiger partial charge on any atom is -0.430 e. The van der Waals surface area contributed by atoms with Crippen molar-refractivity contribution < 1.29 is 24.0 Å². The van der Waals surface area contributed by atoms with E-state index in [2.05, 4.69) is 19.7 Å². The number of carbonyl (C=O) groups excluding carboxylic acids is 2. The second-order valence-corrected chi connectivity index (χ2v) is 2.79. The largest absolute Gasteiger partial charge is 0.530 e. The maximum absolute atomic E-state index is 11.0. The molecule has 0 aliphatic heterocycles. The lowest BCUT2D eigenvalue weighted by Gasteiger charge is -2.17. The summed E-state index contributed by atoms with van der Waals surface area (Å²) in [5, 5.41) is 2.93.